The molecule has 3 rings (SSSR count). The lowest BCUT2D eigenvalue weighted by Crippen LogP contribution is -2.40. The molecular formula is C19H26N2O3S. The number of amides is 1. The Hall–Kier alpha value is -1.66. The van der Waals surface area contributed by atoms with E-state index in [1.165, 1.54) is 6.92 Å². The molecule has 2 aliphatic rings. The molecule has 1 amide bonds. The van der Waals surface area contributed by atoms with E-state index in [0.717, 1.165) is 29.6 Å². The highest BCUT2D eigenvalue weighted by Crippen LogP contribution is 2.47. The van der Waals surface area contributed by atoms with Gasteiger partial charge in [-0.2, -0.15) is 4.31 Å². The van der Waals surface area contributed by atoms with Gasteiger partial charge >= 0.3 is 0 Å². The van der Waals surface area contributed by atoms with Crippen LogP contribution in [-0.2, 0) is 14.8 Å². The third-order valence-corrected chi connectivity index (χ3v) is 7.41. The second-order valence-electron chi connectivity index (χ2n) is 7.60. The van der Waals surface area contributed by atoms with Crippen LogP contribution in [0.25, 0.3) is 0 Å². The van der Waals surface area contributed by atoms with Gasteiger partial charge in [-0.05, 0) is 50.0 Å². The Morgan fingerprint density at radius 2 is 1.88 bits per heavy atom. The van der Waals surface area contributed by atoms with E-state index < -0.39 is 10.0 Å². The molecule has 136 valence electrons. The summed E-state index contributed by atoms with van der Waals surface area (Å²) in [6.07, 6.45) is 1.73. The molecule has 0 bridgehead atoms. The van der Waals surface area contributed by atoms with Crippen LogP contribution < -0.4 is 5.32 Å². The topological polar surface area (TPSA) is 66.5 Å². The molecule has 0 aromatic heterocycles. The number of fused-ring (bicyclic) bond motifs is 1. The summed E-state index contributed by atoms with van der Waals surface area (Å²) in [5.41, 5.74) is 3.17. The summed E-state index contributed by atoms with van der Waals surface area (Å²) < 4.78 is 27.7. The van der Waals surface area contributed by atoms with E-state index in [0.29, 0.717) is 18.0 Å². The Morgan fingerprint density at radius 1 is 1.24 bits per heavy atom. The van der Waals surface area contributed by atoms with Crippen molar-refractivity contribution >= 4 is 15.9 Å². The van der Waals surface area contributed by atoms with Crippen LogP contribution in [0.15, 0.2) is 40.3 Å². The predicted octanol–water partition coefficient (Wildman–Crippen LogP) is 2.62. The number of aryl methyl sites for hydroxylation is 1. The van der Waals surface area contributed by atoms with E-state index in [1.807, 2.05) is 26.0 Å². The lowest BCUT2D eigenvalue weighted by atomic mass is 9.72. The first-order valence-electron chi connectivity index (χ1n) is 8.67. The van der Waals surface area contributed by atoms with Crippen molar-refractivity contribution in [3.8, 4) is 0 Å². The minimum Gasteiger partial charge on any atom is -0.350 e. The van der Waals surface area contributed by atoms with Crippen LogP contribution in [0.2, 0.25) is 0 Å². The summed E-state index contributed by atoms with van der Waals surface area (Å²) in [5, 5.41) is 2.99. The van der Waals surface area contributed by atoms with E-state index in [4.69, 9.17) is 0 Å². The Labute approximate surface area is 150 Å². The fourth-order valence-electron chi connectivity index (χ4n) is 4.08. The molecular weight excluding hydrogens is 336 g/mol. The Morgan fingerprint density at radius 3 is 2.48 bits per heavy atom. The number of hydrogen-bond acceptors (Lipinski definition) is 3. The first-order valence-corrected chi connectivity index (χ1v) is 10.1. The molecule has 1 heterocycles. The van der Waals surface area contributed by atoms with E-state index in [1.54, 1.807) is 16.4 Å². The van der Waals surface area contributed by atoms with Crippen LogP contribution in [-0.4, -0.2) is 37.8 Å². The summed E-state index contributed by atoms with van der Waals surface area (Å²) in [7, 11) is -3.50. The summed E-state index contributed by atoms with van der Waals surface area (Å²) in [5.74, 6) is -0.0457. The summed E-state index contributed by atoms with van der Waals surface area (Å²) >= 11 is 0. The third-order valence-electron chi connectivity index (χ3n) is 5.61. The zero-order chi connectivity index (χ0) is 18.4. The third kappa shape index (κ3) is 3.25. The quantitative estimate of drug-likeness (QED) is 0.841. The maximum atomic E-state index is 13.0. The number of rotatable bonds is 3. The zero-order valence-electron chi connectivity index (χ0n) is 15.3. The smallest absolute Gasteiger partial charge is 0.243 e. The van der Waals surface area contributed by atoms with Crippen LogP contribution in [0, 0.1) is 12.3 Å². The molecule has 2 atom stereocenters. The van der Waals surface area contributed by atoms with E-state index in [9.17, 15) is 13.2 Å². The molecule has 1 fully saturated rings. The molecule has 0 spiro atoms. The van der Waals surface area contributed by atoms with Crippen molar-refractivity contribution in [1.82, 2.24) is 9.62 Å². The first kappa shape index (κ1) is 18.1. The first-order chi connectivity index (χ1) is 11.6. The zero-order valence-corrected chi connectivity index (χ0v) is 16.1. The van der Waals surface area contributed by atoms with Crippen LogP contribution in [0.1, 0.15) is 39.2 Å². The minimum atomic E-state index is -3.50. The second kappa shape index (κ2) is 6.25. The highest BCUT2D eigenvalue weighted by Gasteiger charge is 2.47. The van der Waals surface area contributed by atoms with Gasteiger partial charge in [0.05, 0.1) is 10.9 Å². The van der Waals surface area contributed by atoms with Crippen molar-refractivity contribution in [3.63, 3.8) is 0 Å². The maximum absolute atomic E-state index is 13.0. The standard InChI is InChI=1S/C19H26N2O3S/c1-13-5-7-16(8-6-13)25(23,24)21-11-17-14(2)18(20-15(3)22)9-10-19(17,4)12-21/h5-8,18H,9-12H2,1-4H3,(H,20,22)/t18-,19-/m0/s1. The van der Waals surface area contributed by atoms with Crippen LogP contribution in [0.5, 0.6) is 0 Å². The molecule has 1 aliphatic heterocycles. The molecule has 1 aliphatic carbocycles. The van der Waals surface area contributed by atoms with Gasteiger partial charge in [-0.15, -0.1) is 0 Å². The van der Waals surface area contributed by atoms with Crippen molar-refractivity contribution in [3.05, 3.63) is 41.0 Å². The van der Waals surface area contributed by atoms with Crippen LogP contribution in [0.3, 0.4) is 0 Å². The van der Waals surface area contributed by atoms with Gasteiger partial charge in [-0.1, -0.05) is 24.6 Å². The number of hydrogen-bond donors (Lipinski definition) is 1. The molecule has 5 nitrogen and oxygen atoms in total. The number of carbonyl (C=O) groups excluding carboxylic acids is 1. The average Bonchev–Trinajstić information content (AvgIpc) is 2.90. The summed E-state index contributed by atoms with van der Waals surface area (Å²) in [6, 6.07) is 7.03. The van der Waals surface area contributed by atoms with Gasteiger partial charge in [-0.3, -0.25) is 4.79 Å². The highest BCUT2D eigenvalue weighted by molar-refractivity contribution is 7.89. The van der Waals surface area contributed by atoms with Crippen LogP contribution in [0.4, 0.5) is 0 Å². The van der Waals surface area contributed by atoms with E-state index >= 15 is 0 Å². The number of carbonyl (C=O) groups is 1. The second-order valence-corrected chi connectivity index (χ2v) is 9.54. The van der Waals surface area contributed by atoms with Crippen molar-refractivity contribution < 1.29 is 13.2 Å². The average molecular weight is 362 g/mol. The number of benzene rings is 1. The Balaban J connectivity index is 1.92. The van der Waals surface area contributed by atoms with Crippen molar-refractivity contribution in [2.75, 3.05) is 13.1 Å². The largest absolute Gasteiger partial charge is 0.350 e. The molecule has 0 unspecified atom stereocenters. The van der Waals surface area contributed by atoms with Gasteiger partial charge in [0.15, 0.2) is 0 Å². The normalized spacial score (nSPS) is 27.3. The molecule has 25 heavy (non-hydrogen) atoms. The lowest BCUT2D eigenvalue weighted by Gasteiger charge is -2.36. The molecule has 6 heteroatoms. The van der Waals surface area contributed by atoms with Gasteiger partial charge in [-0.25, -0.2) is 8.42 Å². The predicted molar refractivity (Wildman–Crippen MR) is 97.6 cm³/mol. The van der Waals surface area contributed by atoms with Crippen molar-refractivity contribution in [1.29, 1.82) is 0 Å². The monoisotopic (exact) mass is 362 g/mol. The lowest BCUT2D eigenvalue weighted by molar-refractivity contribution is -0.119. The highest BCUT2D eigenvalue weighted by atomic mass is 32.2. The fraction of sp³-hybridized carbons (Fsp3) is 0.526. The minimum absolute atomic E-state index is 0.0163. The van der Waals surface area contributed by atoms with Gasteiger partial charge in [0.25, 0.3) is 0 Å². The number of sulfonamides is 1. The van der Waals surface area contributed by atoms with Gasteiger partial charge in [0.2, 0.25) is 15.9 Å². The van der Waals surface area contributed by atoms with Gasteiger partial charge in [0, 0.05) is 25.4 Å². The van der Waals surface area contributed by atoms with Crippen molar-refractivity contribution in [2.45, 2.75) is 51.5 Å². The SMILES string of the molecule is CC(=O)N[C@H]1CC[C@@]2(C)CN(S(=O)(=O)c3ccc(C)cc3)CC2=C1C. The molecule has 1 saturated heterocycles. The van der Waals surface area contributed by atoms with E-state index in [-0.39, 0.29) is 17.4 Å². The number of nitrogens with zero attached hydrogens (tertiary/aromatic N) is 1. The fourth-order valence-corrected chi connectivity index (χ4v) is 5.62. The Kier molecular flexibility index (Phi) is 4.54. The van der Waals surface area contributed by atoms with Gasteiger partial charge < -0.3 is 5.32 Å². The van der Waals surface area contributed by atoms with E-state index in [2.05, 4.69) is 12.2 Å². The van der Waals surface area contributed by atoms with Crippen molar-refractivity contribution in [2.24, 2.45) is 5.41 Å². The molecule has 1 aromatic rings. The molecule has 1 aromatic carbocycles. The summed E-state index contributed by atoms with van der Waals surface area (Å²) in [4.78, 5) is 11.8. The Bertz CT molecular complexity index is 827. The summed E-state index contributed by atoms with van der Waals surface area (Å²) in [6.45, 7) is 8.54. The van der Waals surface area contributed by atoms with Crippen LogP contribution >= 0.6 is 0 Å². The number of nitrogens with one attached hydrogen (secondary N) is 1. The molecule has 0 radical (unpaired) electrons. The molecule has 1 N–H and O–H groups in total. The maximum Gasteiger partial charge on any atom is 0.243 e. The molecule has 0 saturated carbocycles. The van der Waals surface area contributed by atoms with Gasteiger partial charge in [0.1, 0.15) is 0 Å².